The lowest BCUT2D eigenvalue weighted by atomic mass is 10.3. The summed E-state index contributed by atoms with van der Waals surface area (Å²) in [5.74, 6) is 0.489. The van der Waals surface area contributed by atoms with E-state index in [2.05, 4.69) is 0 Å². The predicted octanol–water partition coefficient (Wildman–Crippen LogP) is 4.33. The average Bonchev–Trinajstić information content (AvgIpc) is 2.73. The molecule has 1 heterocycles. The van der Waals surface area contributed by atoms with Crippen molar-refractivity contribution in [3.05, 3.63) is 51.4 Å². The lowest BCUT2D eigenvalue weighted by molar-refractivity contribution is 0.624. The van der Waals surface area contributed by atoms with Crippen molar-refractivity contribution in [3.63, 3.8) is 0 Å². The lowest BCUT2D eigenvalue weighted by Crippen LogP contribution is -2.11. The summed E-state index contributed by atoms with van der Waals surface area (Å²) >= 11 is 8.88. The van der Waals surface area contributed by atoms with Gasteiger partial charge in [0.15, 0.2) is 0 Å². The maximum absolute atomic E-state index is 13.0. The van der Waals surface area contributed by atoms with E-state index in [-0.39, 0.29) is 11.9 Å². The summed E-state index contributed by atoms with van der Waals surface area (Å²) in [7, 11) is 0. The van der Waals surface area contributed by atoms with Crippen LogP contribution in [-0.4, -0.2) is 5.75 Å². The van der Waals surface area contributed by atoms with Gasteiger partial charge in [0.1, 0.15) is 5.82 Å². The molecule has 0 aliphatic heterocycles. The van der Waals surface area contributed by atoms with E-state index in [1.54, 1.807) is 17.8 Å². The zero-order valence-electron chi connectivity index (χ0n) is 8.90. The molecular formula is C12H11ClFNS2. The van der Waals surface area contributed by atoms with Gasteiger partial charge >= 0.3 is 0 Å². The SMILES string of the molecule is NC(CSc1cccc(F)c1)c1ccc(Cl)s1. The van der Waals surface area contributed by atoms with Gasteiger partial charge in [-0.05, 0) is 30.3 Å². The number of hydrogen-bond donors (Lipinski definition) is 1. The van der Waals surface area contributed by atoms with Gasteiger partial charge in [0, 0.05) is 21.6 Å². The first kappa shape index (κ1) is 12.9. The van der Waals surface area contributed by atoms with E-state index in [1.807, 2.05) is 18.2 Å². The Bertz CT molecular complexity index is 501. The Kier molecular flexibility index (Phi) is 4.45. The second-order valence-corrected chi connectivity index (χ2v) is 6.36. The molecule has 1 nitrogen and oxygen atoms in total. The van der Waals surface area contributed by atoms with Crippen LogP contribution in [0.2, 0.25) is 4.34 Å². The molecule has 1 atom stereocenters. The fraction of sp³-hybridized carbons (Fsp3) is 0.167. The molecule has 1 aromatic carbocycles. The van der Waals surface area contributed by atoms with Gasteiger partial charge in [-0.3, -0.25) is 0 Å². The van der Waals surface area contributed by atoms with E-state index in [4.69, 9.17) is 17.3 Å². The Balaban J connectivity index is 1.94. The molecule has 5 heteroatoms. The van der Waals surface area contributed by atoms with Crippen molar-refractivity contribution in [1.82, 2.24) is 0 Å². The molecule has 0 aliphatic carbocycles. The van der Waals surface area contributed by atoms with E-state index in [0.29, 0.717) is 5.75 Å². The zero-order chi connectivity index (χ0) is 12.3. The second kappa shape index (κ2) is 5.87. The number of thiophene rings is 1. The highest BCUT2D eigenvalue weighted by molar-refractivity contribution is 7.99. The van der Waals surface area contributed by atoms with E-state index < -0.39 is 0 Å². The Morgan fingerprint density at radius 3 is 2.82 bits per heavy atom. The maximum atomic E-state index is 13.0. The summed E-state index contributed by atoms with van der Waals surface area (Å²) in [4.78, 5) is 1.95. The van der Waals surface area contributed by atoms with E-state index >= 15 is 0 Å². The van der Waals surface area contributed by atoms with Crippen molar-refractivity contribution in [3.8, 4) is 0 Å². The number of nitrogens with two attached hydrogens (primary N) is 1. The predicted molar refractivity (Wildman–Crippen MR) is 73.4 cm³/mol. The molecule has 0 saturated carbocycles. The van der Waals surface area contributed by atoms with Gasteiger partial charge in [-0.15, -0.1) is 23.1 Å². The lowest BCUT2D eigenvalue weighted by Gasteiger charge is -2.08. The van der Waals surface area contributed by atoms with Gasteiger partial charge < -0.3 is 5.73 Å². The van der Waals surface area contributed by atoms with Gasteiger partial charge in [0.25, 0.3) is 0 Å². The van der Waals surface area contributed by atoms with Crippen LogP contribution < -0.4 is 5.73 Å². The largest absolute Gasteiger partial charge is 0.323 e. The van der Waals surface area contributed by atoms with Crippen LogP contribution in [-0.2, 0) is 0 Å². The van der Waals surface area contributed by atoms with E-state index in [1.165, 1.54) is 23.5 Å². The first-order valence-corrected chi connectivity index (χ1v) is 7.22. The van der Waals surface area contributed by atoms with Crippen LogP contribution in [0.1, 0.15) is 10.9 Å². The minimum atomic E-state index is -0.220. The highest BCUT2D eigenvalue weighted by atomic mass is 35.5. The van der Waals surface area contributed by atoms with Crippen LogP contribution in [0.3, 0.4) is 0 Å². The number of rotatable bonds is 4. The Hall–Kier alpha value is -0.550. The Labute approximate surface area is 113 Å². The van der Waals surface area contributed by atoms with Gasteiger partial charge in [-0.1, -0.05) is 17.7 Å². The van der Waals surface area contributed by atoms with Crippen molar-refractivity contribution in [2.24, 2.45) is 5.73 Å². The quantitative estimate of drug-likeness (QED) is 0.847. The minimum Gasteiger partial charge on any atom is -0.323 e. The summed E-state index contributed by atoms with van der Waals surface area (Å²) in [6, 6.07) is 10.2. The smallest absolute Gasteiger partial charge is 0.124 e. The zero-order valence-corrected chi connectivity index (χ0v) is 11.3. The molecule has 0 fully saturated rings. The summed E-state index contributed by atoms with van der Waals surface area (Å²) in [6.45, 7) is 0. The molecule has 0 amide bonds. The Morgan fingerprint density at radius 2 is 2.18 bits per heavy atom. The van der Waals surface area contributed by atoms with Crippen molar-refractivity contribution < 1.29 is 4.39 Å². The number of thioether (sulfide) groups is 1. The van der Waals surface area contributed by atoms with Crippen molar-refractivity contribution in [2.75, 3.05) is 5.75 Å². The van der Waals surface area contributed by atoms with Crippen LogP contribution in [0.25, 0.3) is 0 Å². The maximum Gasteiger partial charge on any atom is 0.124 e. The number of benzene rings is 1. The third-order valence-corrected chi connectivity index (χ3v) is 4.66. The molecule has 90 valence electrons. The van der Waals surface area contributed by atoms with Crippen LogP contribution in [0.4, 0.5) is 4.39 Å². The van der Waals surface area contributed by atoms with Crippen LogP contribution in [0.15, 0.2) is 41.3 Å². The van der Waals surface area contributed by atoms with Gasteiger partial charge in [-0.25, -0.2) is 4.39 Å². The number of halogens is 2. The fourth-order valence-corrected chi connectivity index (χ4v) is 3.44. The summed E-state index contributed by atoms with van der Waals surface area (Å²) in [6.07, 6.45) is 0. The molecule has 0 bridgehead atoms. The molecule has 0 radical (unpaired) electrons. The highest BCUT2D eigenvalue weighted by Crippen LogP contribution is 2.29. The van der Waals surface area contributed by atoms with Crippen LogP contribution in [0.5, 0.6) is 0 Å². The van der Waals surface area contributed by atoms with Crippen molar-refractivity contribution in [1.29, 1.82) is 0 Å². The third kappa shape index (κ3) is 3.71. The van der Waals surface area contributed by atoms with Crippen molar-refractivity contribution in [2.45, 2.75) is 10.9 Å². The minimum absolute atomic E-state index is 0.0687. The first-order chi connectivity index (χ1) is 8.15. The molecular weight excluding hydrogens is 277 g/mol. The summed E-state index contributed by atoms with van der Waals surface area (Å²) in [5, 5.41) is 0. The normalized spacial score (nSPS) is 12.6. The van der Waals surface area contributed by atoms with Gasteiger partial charge in [0.05, 0.1) is 4.34 Å². The molecule has 2 aromatic rings. The summed E-state index contributed by atoms with van der Waals surface area (Å²) < 4.78 is 13.7. The molecule has 17 heavy (non-hydrogen) atoms. The van der Waals surface area contributed by atoms with Gasteiger partial charge in [0.2, 0.25) is 0 Å². The molecule has 2 N–H and O–H groups in total. The standard InChI is InChI=1S/C12H11ClFNS2/c13-12-5-4-11(17-12)10(15)7-16-9-3-1-2-8(14)6-9/h1-6,10H,7,15H2. The van der Waals surface area contributed by atoms with Crippen LogP contribution >= 0.6 is 34.7 Å². The topological polar surface area (TPSA) is 26.0 Å². The van der Waals surface area contributed by atoms with E-state index in [9.17, 15) is 4.39 Å². The summed E-state index contributed by atoms with van der Waals surface area (Å²) in [5.41, 5.74) is 6.03. The monoisotopic (exact) mass is 287 g/mol. The number of hydrogen-bond acceptors (Lipinski definition) is 3. The molecule has 0 aliphatic rings. The Morgan fingerprint density at radius 1 is 1.35 bits per heavy atom. The van der Waals surface area contributed by atoms with Crippen molar-refractivity contribution >= 4 is 34.7 Å². The molecule has 2 rings (SSSR count). The molecule has 1 unspecified atom stereocenters. The second-order valence-electron chi connectivity index (χ2n) is 3.52. The molecule has 0 spiro atoms. The average molecular weight is 288 g/mol. The molecule has 1 aromatic heterocycles. The fourth-order valence-electron chi connectivity index (χ4n) is 1.35. The highest BCUT2D eigenvalue weighted by Gasteiger charge is 2.09. The first-order valence-electron chi connectivity index (χ1n) is 5.04. The van der Waals surface area contributed by atoms with Gasteiger partial charge in [-0.2, -0.15) is 0 Å². The molecule has 0 saturated heterocycles. The van der Waals surface area contributed by atoms with Crippen LogP contribution in [0, 0.1) is 5.82 Å². The third-order valence-electron chi connectivity index (χ3n) is 2.19. The van der Waals surface area contributed by atoms with E-state index in [0.717, 1.165) is 14.1 Å².